The van der Waals surface area contributed by atoms with Crippen LogP contribution in [0, 0.1) is 0 Å². The highest BCUT2D eigenvalue weighted by molar-refractivity contribution is 7.25. The summed E-state index contributed by atoms with van der Waals surface area (Å²) >= 11 is 1.84. The zero-order chi connectivity index (χ0) is 31.2. The molecule has 0 fully saturated rings. The highest BCUT2D eigenvalue weighted by atomic mass is 32.1. The molecule has 0 aliphatic carbocycles. The van der Waals surface area contributed by atoms with Crippen LogP contribution in [0.3, 0.4) is 0 Å². The lowest BCUT2D eigenvalue weighted by Crippen LogP contribution is -2.00. The van der Waals surface area contributed by atoms with E-state index in [9.17, 15) is 0 Å². The van der Waals surface area contributed by atoms with Crippen molar-refractivity contribution in [3.05, 3.63) is 158 Å². The minimum absolute atomic E-state index is 0.633. The monoisotopic (exact) mass is 618 g/mol. The van der Waals surface area contributed by atoms with Gasteiger partial charge in [-0.05, 0) is 23.8 Å². The van der Waals surface area contributed by atoms with Gasteiger partial charge in [-0.3, -0.25) is 0 Å². The van der Waals surface area contributed by atoms with Crippen molar-refractivity contribution in [2.24, 2.45) is 0 Å². The van der Waals surface area contributed by atoms with E-state index in [1.807, 2.05) is 72.0 Å². The van der Waals surface area contributed by atoms with Crippen molar-refractivity contribution in [3.8, 4) is 56.5 Å². The highest BCUT2D eigenvalue weighted by Crippen LogP contribution is 2.41. The van der Waals surface area contributed by atoms with Crippen LogP contribution >= 0.6 is 11.3 Å². The maximum absolute atomic E-state index is 5.27. The van der Waals surface area contributed by atoms with E-state index in [-0.39, 0.29) is 0 Å². The van der Waals surface area contributed by atoms with Gasteiger partial charge in [-0.1, -0.05) is 140 Å². The molecule has 6 aromatic carbocycles. The maximum atomic E-state index is 5.27. The molecule has 0 amide bonds. The van der Waals surface area contributed by atoms with Gasteiger partial charge >= 0.3 is 0 Å². The van der Waals surface area contributed by atoms with Crippen LogP contribution in [-0.2, 0) is 0 Å². The molecule has 0 atom stereocenters. The van der Waals surface area contributed by atoms with Gasteiger partial charge in [0.15, 0.2) is 17.5 Å². The van der Waals surface area contributed by atoms with Crippen molar-refractivity contribution in [2.45, 2.75) is 0 Å². The van der Waals surface area contributed by atoms with Crippen LogP contribution in [0.2, 0.25) is 0 Å². The lowest BCUT2D eigenvalue weighted by atomic mass is 9.96. The Balaban J connectivity index is 1.13. The summed E-state index contributed by atoms with van der Waals surface area (Å²) in [6.45, 7) is 0. The van der Waals surface area contributed by atoms with Gasteiger partial charge in [0.25, 0.3) is 0 Å². The first-order chi connectivity index (χ1) is 23.3. The maximum Gasteiger partial charge on any atom is 0.164 e. The Bertz CT molecular complexity index is 2500. The first-order valence-corrected chi connectivity index (χ1v) is 16.4. The van der Waals surface area contributed by atoms with Gasteiger partial charge in [-0.15, -0.1) is 11.3 Å². The first kappa shape index (κ1) is 27.3. The Kier molecular flexibility index (Phi) is 6.61. The summed E-state index contributed by atoms with van der Waals surface area (Å²) in [6, 6.07) is 54.4. The third-order valence-electron chi connectivity index (χ3n) is 8.55. The van der Waals surface area contributed by atoms with E-state index in [4.69, 9.17) is 19.9 Å². The highest BCUT2D eigenvalue weighted by Gasteiger charge is 2.15. The number of rotatable bonds is 5. The number of nitrogens with zero attached hydrogens (tertiary/aromatic N) is 4. The zero-order valence-electron chi connectivity index (χ0n) is 25.2. The van der Waals surface area contributed by atoms with E-state index in [1.165, 1.54) is 25.7 Å². The molecule has 0 N–H and O–H groups in total. The van der Waals surface area contributed by atoms with E-state index in [0.29, 0.717) is 17.5 Å². The molecule has 0 saturated heterocycles. The van der Waals surface area contributed by atoms with Crippen LogP contribution in [0.25, 0.3) is 87.6 Å². The average Bonchev–Trinajstić information content (AvgIpc) is 3.54. The molecule has 3 heterocycles. The van der Waals surface area contributed by atoms with Gasteiger partial charge in [0.05, 0.1) is 11.2 Å². The third-order valence-corrected chi connectivity index (χ3v) is 9.69. The lowest BCUT2D eigenvalue weighted by Gasteiger charge is -2.11. The van der Waals surface area contributed by atoms with Gasteiger partial charge in [-0.2, -0.15) is 0 Å². The smallest absolute Gasteiger partial charge is 0.164 e. The fourth-order valence-corrected chi connectivity index (χ4v) is 7.38. The third kappa shape index (κ3) is 4.94. The van der Waals surface area contributed by atoms with E-state index >= 15 is 0 Å². The van der Waals surface area contributed by atoms with Crippen molar-refractivity contribution in [3.63, 3.8) is 0 Å². The molecule has 0 aliphatic rings. The molecule has 220 valence electrons. The van der Waals surface area contributed by atoms with Gasteiger partial charge in [0.1, 0.15) is 0 Å². The fraction of sp³-hybridized carbons (Fsp3) is 0. The summed E-state index contributed by atoms with van der Waals surface area (Å²) in [5.74, 6) is 1.93. The summed E-state index contributed by atoms with van der Waals surface area (Å²) in [7, 11) is 0. The summed E-state index contributed by atoms with van der Waals surface area (Å²) < 4.78 is 2.59. The molecule has 0 unspecified atom stereocenters. The first-order valence-electron chi connectivity index (χ1n) is 15.6. The Morgan fingerprint density at radius 1 is 0.362 bits per heavy atom. The second kappa shape index (κ2) is 11.4. The van der Waals surface area contributed by atoms with Crippen molar-refractivity contribution >= 4 is 42.4 Å². The van der Waals surface area contributed by atoms with Crippen LogP contribution in [-0.4, -0.2) is 19.9 Å². The summed E-state index contributed by atoms with van der Waals surface area (Å²) in [5.41, 5.74) is 8.12. The molecule has 4 nitrogen and oxygen atoms in total. The molecule has 47 heavy (non-hydrogen) atoms. The standard InChI is InChI=1S/C42H26N4S/c1-3-11-29(12-4-1)40-44-41(30-13-5-2-6-14-30)46-42(45-40)31-23-21-27(22-24-31)35-26-25-28-15-9-18-33(39(28)43-35)32-17-10-20-37-38(32)34-16-7-8-19-36(34)47-37/h1-26H. The number of hydrogen-bond donors (Lipinski definition) is 0. The number of aromatic nitrogens is 4. The molecular formula is C42H26N4S. The lowest BCUT2D eigenvalue weighted by molar-refractivity contribution is 1.07. The van der Waals surface area contributed by atoms with Crippen molar-refractivity contribution < 1.29 is 0 Å². The minimum atomic E-state index is 0.633. The van der Waals surface area contributed by atoms with Crippen molar-refractivity contribution in [1.29, 1.82) is 0 Å². The van der Waals surface area contributed by atoms with E-state index < -0.39 is 0 Å². The Hall–Kier alpha value is -6.04. The summed E-state index contributed by atoms with van der Waals surface area (Å²) in [6.07, 6.45) is 0. The summed E-state index contributed by atoms with van der Waals surface area (Å²) in [4.78, 5) is 19.9. The Morgan fingerprint density at radius 2 is 0.915 bits per heavy atom. The van der Waals surface area contributed by atoms with Crippen LogP contribution in [0.5, 0.6) is 0 Å². The van der Waals surface area contributed by atoms with Crippen LogP contribution < -0.4 is 0 Å². The molecule has 0 saturated carbocycles. The number of thiophene rings is 1. The minimum Gasteiger partial charge on any atom is -0.247 e. The normalized spacial score (nSPS) is 11.4. The van der Waals surface area contributed by atoms with E-state index in [0.717, 1.165) is 44.4 Å². The van der Waals surface area contributed by atoms with Gasteiger partial charge in [0.2, 0.25) is 0 Å². The number of pyridine rings is 1. The Morgan fingerprint density at radius 3 is 1.62 bits per heavy atom. The molecule has 0 aliphatic heterocycles. The largest absolute Gasteiger partial charge is 0.247 e. The predicted octanol–water partition coefficient (Wildman–Crippen LogP) is 11.1. The predicted molar refractivity (Wildman–Crippen MR) is 195 cm³/mol. The van der Waals surface area contributed by atoms with Gasteiger partial charge < -0.3 is 0 Å². The fourth-order valence-electron chi connectivity index (χ4n) is 6.25. The van der Waals surface area contributed by atoms with Crippen molar-refractivity contribution in [2.75, 3.05) is 0 Å². The quantitative estimate of drug-likeness (QED) is 0.193. The molecule has 0 radical (unpaired) electrons. The molecule has 0 bridgehead atoms. The van der Waals surface area contributed by atoms with Crippen LogP contribution in [0.15, 0.2) is 158 Å². The zero-order valence-corrected chi connectivity index (χ0v) is 26.0. The molecular weight excluding hydrogens is 593 g/mol. The second-order valence-electron chi connectivity index (χ2n) is 11.5. The average molecular weight is 619 g/mol. The summed E-state index contributed by atoms with van der Waals surface area (Å²) in [5, 5.41) is 3.70. The van der Waals surface area contributed by atoms with Gasteiger partial charge in [-0.25, -0.2) is 19.9 Å². The van der Waals surface area contributed by atoms with Crippen molar-refractivity contribution in [1.82, 2.24) is 19.9 Å². The van der Waals surface area contributed by atoms with E-state index in [1.54, 1.807) is 0 Å². The topological polar surface area (TPSA) is 51.6 Å². The Labute approximate surface area is 275 Å². The molecule has 0 spiro atoms. The number of para-hydroxylation sites is 1. The molecule has 3 aromatic heterocycles. The number of fused-ring (bicyclic) bond motifs is 4. The van der Waals surface area contributed by atoms with E-state index in [2.05, 4.69) is 97.1 Å². The number of benzene rings is 6. The number of hydrogen-bond acceptors (Lipinski definition) is 5. The van der Waals surface area contributed by atoms with Crippen LogP contribution in [0.4, 0.5) is 0 Å². The SMILES string of the molecule is c1ccc(-c2nc(-c3ccccc3)nc(-c3ccc(-c4ccc5cccc(-c6cccc7sc8ccccc8c67)c5n4)cc3)n2)cc1. The molecule has 9 aromatic rings. The van der Waals surface area contributed by atoms with Gasteiger partial charge in [0, 0.05) is 53.4 Å². The molecule has 5 heteroatoms. The van der Waals surface area contributed by atoms with Crippen LogP contribution in [0.1, 0.15) is 0 Å². The second-order valence-corrected chi connectivity index (χ2v) is 12.6. The molecule has 9 rings (SSSR count).